The predicted molar refractivity (Wildman–Crippen MR) is 63.5 cm³/mol. The van der Waals surface area contributed by atoms with Crippen molar-refractivity contribution >= 4 is 11.9 Å². The molecule has 0 aliphatic rings. The van der Waals surface area contributed by atoms with Crippen LogP contribution in [0, 0.1) is 0 Å². The van der Waals surface area contributed by atoms with Crippen molar-refractivity contribution in [3.8, 4) is 11.5 Å². The van der Waals surface area contributed by atoms with Crippen LogP contribution in [-0.4, -0.2) is 16.4 Å². The Morgan fingerprint density at radius 2 is 1.62 bits per heavy atom. The Kier molecular flexibility index (Phi) is 2.87. The van der Waals surface area contributed by atoms with Gasteiger partial charge in [0.05, 0.1) is 5.69 Å². The molecule has 3 heteroatoms. The van der Waals surface area contributed by atoms with Crippen LogP contribution in [0.25, 0.3) is 0 Å². The predicted octanol–water partition coefficient (Wildman–Crippen LogP) is 2.85. The zero-order chi connectivity index (χ0) is 11.4. The van der Waals surface area contributed by atoms with Gasteiger partial charge in [0.1, 0.15) is 0 Å². The lowest BCUT2D eigenvalue weighted by Gasteiger charge is -1.98. The monoisotopic (exact) mass is 213 g/mol. The minimum Gasteiger partial charge on any atom is -0.504 e. The Morgan fingerprint density at radius 1 is 0.875 bits per heavy atom. The molecule has 0 saturated carbocycles. The molecule has 0 atom stereocenters. The fraction of sp³-hybridized carbons (Fsp3) is 0. The first-order chi connectivity index (χ1) is 7.75. The third-order valence-corrected chi connectivity index (χ3v) is 2.12. The molecule has 0 aromatic heterocycles. The zero-order valence-corrected chi connectivity index (χ0v) is 8.54. The average Bonchev–Trinajstić information content (AvgIpc) is 2.32. The molecule has 2 aromatic rings. The van der Waals surface area contributed by atoms with Crippen molar-refractivity contribution in [2.75, 3.05) is 0 Å². The summed E-state index contributed by atoms with van der Waals surface area (Å²) >= 11 is 0. The number of rotatable bonds is 2. The number of hydrogen-bond donors (Lipinski definition) is 2. The molecule has 3 nitrogen and oxygen atoms in total. The van der Waals surface area contributed by atoms with Crippen LogP contribution in [0.2, 0.25) is 0 Å². The molecule has 0 bridgehead atoms. The molecule has 2 N–H and O–H groups in total. The third-order valence-electron chi connectivity index (χ3n) is 2.12. The Morgan fingerprint density at radius 3 is 2.31 bits per heavy atom. The minimum absolute atomic E-state index is 0.140. The van der Waals surface area contributed by atoms with Gasteiger partial charge in [0.2, 0.25) is 0 Å². The molecule has 0 fully saturated rings. The van der Waals surface area contributed by atoms with E-state index in [0.29, 0.717) is 5.69 Å². The van der Waals surface area contributed by atoms with Crippen molar-refractivity contribution in [1.82, 2.24) is 0 Å². The fourth-order valence-electron chi connectivity index (χ4n) is 1.28. The van der Waals surface area contributed by atoms with E-state index in [9.17, 15) is 5.11 Å². The van der Waals surface area contributed by atoms with Gasteiger partial charge in [-0.1, -0.05) is 30.3 Å². The lowest BCUT2D eigenvalue weighted by molar-refractivity contribution is 0.404. The van der Waals surface area contributed by atoms with Gasteiger partial charge in [-0.15, -0.1) is 0 Å². The van der Waals surface area contributed by atoms with Crippen LogP contribution in [0.15, 0.2) is 53.5 Å². The Labute approximate surface area is 93.3 Å². The SMILES string of the molecule is Oc1ccc(/N=C/c2ccccc2)cc1O. The van der Waals surface area contributed by atoms with E-state index in [1.165, 1.54) is 12.1 Å². The largest absolute Gasteiger partial charge is 0.504 e. The third kappa shape index (κ3) is 2.39. The number of benzene rings is 2. The molecule has 0 unspecified atom stereocenters. The molecule has 0 saturated heterocycles. The highest BCUT2D eigenvalue weighted by Gasteiger charge is 1.98. The highest BCUT2D eigenvalue weighted by Crippen LogP contribution is 2.28. The van der Waals surface area contributed by atoms with E-state index < -0.39 is 0 Å². The summed E-state index contributed by atoms with van der Waals surface area (Å²) in [4.78, 5) is 4.18. The number of phenolic OH excluding ortho intramolecular Hbond substituents is 2. The van der Waals surface area contributed by atoms with Crippen molar-refractivity contribution in [3.63, 3.8) is 0 Å². The van der Waals surface area contributed by atoms with E-state index >= 15 is 0 Å². The second kappa shape index (κ2) is 4.49. The quantitative estimate of drug-likeness (QED) is 0.595. The van der Waals surface area contributed by atoms with Crippen LogP contribution in [0.5, 0.6) is 11.5 Å². The summed E-state index contributed by atoms with van der Waals surface area (Å²) in [5, 5.41) is 18.4. The van der Waals surface area contributed by atoms with Crippen molar-refractivity contribution in [2.45, 2.75) is 0 Å². The first kappa shape index (κ1) is 10.2. The Balaban J connectivity index is 2.21. The van der Waals surface area contributed by atoms with Gasteiger partial charge in [-0.05, 0) is 17.7 Å². The second-order valence-corrected chi connectivity index (χ2v) is 3.34. The first-order valence-electron chi connectivity index (χ1n) is 4.87. The molecule has 0 spiro atoms. The van der Waals surface area contributed by atoms with Gasteiger partial charge in [-0.3, -0.25) is 4.99 Å². The van der Waals surface area contributed by atoms with E-state index in [4.69, 9.17) is 5.11 Å². The molecule has 16 heavy (non-hydrogen) atoms. The molecule has 2 rings (SSSR count). The maximum absolute atomic E-state index is 9.27. The van der Waals surface area contributed by atoms with Gasteiger partial charge >= 0.3 is 0 Å². The van der Waals surface area contributed by atoms with Crippen LogP contribution < -0.4 is 0 Å². The fourth-order valence-corrected chi connectivity index (χ4v) is 1.28. The van der Waals surface area contributed by atoms with Crippen molar-refractivity contribution in [1.29, 1.82) is 0 Å². The normalized spacial score (nSPS) is 10.8. The van der Waals surface area contributed by atoms with Crippen LogP contribution in [0.1, 0.15) is 5.56 Å². The summed E-state index contributed by atoms with van der Waals surface area (Å²) in [5.41, 5.74) is 1.58. The van der Waals surface area contributed by atoms with Crippen LogP contribution in [0.3, 0.4) is 0 Å². The van der Waals surface area contributed by atoms with E-state index in [1.54, 1.807) is 12.3 Å². The minimum atomic E-state index is -0.164. The number of aliphatic imine (C=N–C) groups is 1. The van der Waals surface area contributed by atoms with E-state index in [1.807, 2.05) is 30.3 Å². The first-order valence-corrected chi connectivity index (χ1v) is 4.87. The smallest absolute Gasteiger partial charge is 0.159 e. The summed E-state index contributed by atoms with van der Waals surface area (Å²) in [6.07, 6.45) is 1.70. The molecule has 0 aliphatic heterocycles. The maximum atomic E-state index is 9.27. The maximum Gasteiger partial charge on any atom is 0.159 e. The highest BCUT2D eigenvalue weighted by atomic mass is 16.3. The molecule has 0 heterocycles. The van der Waals surface area contributed by atoms with E-state index in [-0.39, 0.29) is 11.5 Å². The average molecular weight is 213 g/mol. The molecule has 80 valence electrons. The van der Waals surface area contributed by atoms with Crippen LogP contribution in [0.4, 0.5) is 5.69 Å². The number of hydrogen-bond acceptors (Lipinski definition) is 3. The lowest BCUT2D eigenvalue weighted by Crippen LogP contribution is -1.77. The Bertz CT molecular complexity index is 507. The summed E-state index contributed by atoms with van der Waals surface area (Å²) in [7, 11) is 0. The highest BCUT2D eigenvalue weighted by molar-refractivity contribution is 5.81. The summed E-state index contributed by atoms with van der Waals surface area (Å²) in [6, 6.07) is 14.1. The molecular weight excluding hydrogens is 202 g/mol. The van der Waals surface area contributed by atoms with Crippen molar-refractivity contribution in [3.05, 3.63) is 54.1 Å². The molecule has 0 amide bonds. The number of nitrogens with zero attached hydrogens (tertiary/aromatic N) is 1. The Hall–Kier alpha value is -2.29. The molecule has 2 aromatic carbocycles. The van der Waals surface area contributed by atoms with E-state index in [2.05, 4.69) is 4.99 Å². The van der Waals surface area contributed by atoms with E-state index in [0.717, 1.165) is 5.56 Å². The van der Waals surface area contributed by atoms with Gasteiger partial charge in [0.25, 0.3) is 0 Å². The standard InChI is InChI=1S/C13H11NO2/c15-12-7-6-11(8-13(12)16)14-9-10-4-2-1-3-5-10/h1-9,15-16H/b14-9+. The van der Waals surface area contributed by atoms with Gasteiger partial charge in [0, 0.05) is 12.3 Å². The molecule has 0 aliphatic carbocycles. The van der Waals surface area contributed by atoms with Gasteiger partial charge in [-0.2, -0.15) is 0 Å². The summed E-state index contributed by atoms with van der Waals surface area (Å²) in [5.74, 6) is -0.304. The zero-order valence-electron chi connectivity index (χ0n) is 8.54. The van der Waals surface area contributed by atoms with Crippen molar-refractivity contribution in [2.24, 2.45) is 4.99 Å². The lowest BCUT2D eigenvalue weighted by atomic mass is 10.2. The number of aromatic hydroxyl groups is 2. The van der Waals surface area contributed by atoms with Gasteiger partial charge < -0.3 is 10.2 Å². The van der Waals surface area contributed by atoms with Gasteiger partial charge in [0.15, 0.2) is 11.5 Å². The summed E-state index contributed by atoms with van der Waals surface area (Å²) < 4.78 is 0. The number of phenols is 2. The topological polar surface area (TPSA) is 52.8 Å². The van der Waals surface area contributed by atoms with Gasteiger partial charge in [-0.25, -0.2) is 0 Å². The van der Waals surface area contributed by atoms with Crippen LogP contribution in [-0.2, 0) is 0 Å². The summed E-state index contributed by atoms with van der Waals surface area (Å²) in [6.45, 7) is 0. The molecule has 0 radical (unpaired) electrons. The molecular formula is C13H11NO2. The second-order valence-electron chi connectivity index (χ2n) is 3.34. The van der Waals surface area contributed by atoms with Crippen LogP contribution >= 0.6 is 0 Å². The van der Waals surface area contributed by atoms with Crippen molar-refractivity contribution < 1.29 is 10.2 Å².